The van der Waals surface area contributed by atoms with Crippen molar-refractivity contribution in [3.63, 3.8) is 0 Å². The van der Waals surface area contributed by atoms with Crippen LogP contribution < -0.4 is 0 Å². The van der Waals surface area contributed by atoms with Gasteiger partial charge in [-0.25, -0.2) is 9.59 Å². The van der Waals surface area contributed by atoms with Gasteiger partial charge in [0.05, 0.1) is 10.8 Å². The van der Waals surface area contributed by atoms with Gasteiger partial charge in [0.2, 0.25) is 0 Å². The average molecular weight is 326 g/mol. The van der Waals surface area contributed by atoms with Gasteiger partial charge in [-0.1, -0.05) is 13.2 Å². The Kier molecular flexibility index (Phi) is 7.38. The van der Waals surface area contributed by atoms with Crippen LogP contribution >= 0.6 is 0 Å². The van der Waals surface area contributed by atoms with E-state index in [1.165, 1.54) is 27.7 Å². The van der Waals surface area contributed by atoms with E-state index in [1.807, 2.05) is 0 Å². The third-order valence-electron chi connectivity index (χ3n) is 2.77. The Hall–Kier alpha value is -2.44. The van der Waals surface area contributed by atoms with E-state index in [4.69, 9.17) is 14.2 Å². The van der Waals surface area contributed by atoms with Crippen LogP contribution in [0.2, 0.25) is 0 Å². The first-order valence-corrected chi connectivity index (χ1v) is 6.81. The predicted molar refractivity (Wildman–Crippen MR) is 81.0 cm³/mol. The minimum absolute atomic E-state index is 0.268. The molecule has 0 fully saturated rings. The summed E-state index contributed by atoms with van der Waals surface area (Å²) in [6, 6.07) is 0. The number of hydrogen-bond donors (Lipinski definition) is 0. The van der Waals surface area contributed by atoms with Crippen molar-refractivity contribution in [1.82, 2.24) is 0 Å². The van der Waals surface area contributed by atoms with E-state index in [0.29, 0.717) is 0 Å². The van der Waals surface area contributed by atoms with E-state index in [-0.39, 0.29) is 13.2 Å². The van der Waals surface area contributed by atoms with Crippen LogP contribution in [-0.4, -0.2) is 37.1 Å². The normalized spacial score (nSPS) is 11.1. The van der Waals surface area contributed by atoms with Crippen LogP contribution in [0.15, 0.2) is 25.3 Å². The maximum Gasteiger partial charge on any atom is 0.330 e. The fourth-order valence-corrected chi connectivity index (χ4v) is 1.10. The fourth-order valence-electron chi connectivity index (χ4n) is 1.10. The van der Waals surface area contributed by atoms with Gasteiger partial charge in [-0.2, -0.15) is 0 Å². The van der Waals surface area contributed by atoms with Gasteiger partial charge in [0.1, 0.15) is 13.2 Å². The van der Waals surface area contributed by atoms with Crippen molar-refractivity contribution in [2.24, 2.45) is 10.8 Å². The number of hydrogen-bond acceptors (Lipinski definition) is 7. The first-order chi connectivity index (χ1) is 10.5. The molecule has 0 amide bonds. The molecule has 0 spiro atoms. The second-order valence-electron chi connectivity index (χ2n) is 6.07. The number of carbonyl (C=O) groups excluding carboxylic acids is 4. The summed E-state index contributed by atoms with van der Waals surface area (Å²) in [7, 11) is 0. The monoisotopic (exact) mass is 326 g/mol. The zero-order chi connectivity index (χ0) is 18.3. The number of esters is 4. The van der Waals surface area contributed by atoms with Crippen molar-refractivity contribution in [3.8, 4) is 0 Å². The second-order valence-corrected chi connectivity index (χ2v) is 6.07. The molecule has 0 N–H and O–H groups in total. The first-order valence-electron chi connectivity index (χ1n) is 6.81. The Morgan fingerprint density at radius 3 is 1.35 bits per heavy atom. The lowest BCUT2D eigenvalue weighted by molar-refractivity contribution is -0.176. The minimum Gasteiger partial charge on any atom is -0.461 e. The Balaban J connectivity index is 4.70. The number of carbonyl (C=O) groups is 4. The van der Waals surface area contributed by atoms with Crippen molar-refractivity contribution in [2.45, 2.75) is 27.7 Å². The molecule has 0 heterocycles. The lowest BCUT2D eigenvalue weighted by Gasteiger charge is -2.25. The van der Waals surface area contributed by atoms with Crippen molar-refractivity contribution < 1.29 is 33.4 Å². The van der Waals surface area contributed by atoms with Crippen molar-refractivity contribution in [3.05, 3.63) is 25.3 Å². The largest absolute Gasteiger partial charge is 0.461 e. The molecular weight excluding hydrogens is 304 g/mol. The van der Waals surface area contributed by atoms with Gasteiger partial charge in [0.25, 0.3) is 0 Å². The van der Waals surface area contributed by atoms with Crippen LogP contribution in [0.1, 0.15) is 27.7 Å². The third kappa shape index (κ3) is 6.90. The maximum absolute atomic E-state index is 12.0. The van der Waals surface area contributed by atoms with E-state index in [9.17, 15) is 19.2 Å². The maximum atomic E-state index is 12.0. The van der Waals surface area contributed by atoms with E-state index >= 15 is 0 Å². The van der Waals surface area contributed by atoms with Crippen molar-refractivity contribution in [2.75, 3.05) is 13.2 Å². The van der Waals surface area contributed by atoms with E-state index in [2.05, 4.69) is 13.2 Å². The Labute approximate surface area is 135 Å². The zero-order valence-corrected chi connectivity index (χ0v) is 13.8. The molecule has 0 aromatic carbocycles. The summed E-state index contributed by atoms with van der Waals surface area (Å²) in [5, 5.41) is 0. The van der Waals surface area contributed by atoms with Gasteiger partial charge in [-0.15, -0.1) is 0 Å². The van der Waals surface area contributed by atoms with Gasteiger partial charge in [-0.05, 0) is 27.7 Å². The molecule has 0 saturated carbocycles. The molecule has 23 heavy (non-hydrogen) atoms. The molecule has 0 aliphatic carbocycles. The Bertz CT molecular complexity index is 469. The molecule has 0 aromatic rings. The smallest absolute Gasteiger partial charge is 0.330 e. The van der Waals surface area contributed by atoms with Crippen LogP contribution in [0.25, 0.3) is 0 Å². The molecule has 128 valence electrons. The predicted octanol–water partition coefficient (Wildman–Crippen LogP) is 1.57. The van der Waals surface area contributed by atoms with E-state index < -0.39 is 34.7 Å². The van der Waals surface area contributed by atoms with Gasteiger partial charge in [-0.3, -0.25) is 9.59 Å². The van der Waals surface area contributed by atoms with E-state index in [1.54, 1.807) is 0 Å². The Morgan fingerprint density at radius 1 is 0.783 bits per heavy atom. The standard InChI is InChI=1S/C16H22O7/c1-7-11(17)21-9-15(3,4)13(19)23-14(20)16(5,6)10-22-12(18)8-2/h7-8H,1-2,9-10H2,3-6H3. The topological polar surface area (TPSA) is 96.0 Å². The molecule has 7 heteroatoms. The zero-order valence-electron chi connectivity index (χ0n) is 13.8. The molecule has 0 aromatic heterocycles. The van der Waals surface area contributed by atoms with Gasteiger partial charge in [0, 0.05) is 12.2 Å². The minimum atomic E-state index is -1.22. The molecule has 0 radical (unpaired) electrons. The third-order valence-corrected chi connectivity index (χ3v) is 2.77. The molecule has 0 atom stereocenters. The lowest BCUT2D eigenvalue weighted by Crippen LogP contribution is -2.39. The summed E-state index contributed by atoms with van der Waals surface area (Å²) in [6.45, 7) is 11.8. The first kappa shape index (κ1) is 20.6. The molecule has 0 rings (SSSR count). The Morgan fingerprint density at radius 2 is 1.09 bits per heavy atom. The van der Waals surface area contributed by atoms with Gasteiger partial charge >= 0.3 is 23.9 Å². The van der Waals surface area contributed by atoms with Crippen LogP contribution in [0.5, 0.6) is 0 Å². The summed E-state index contributed by atoms with van der Waals surface area (Å²) >= 11 is 0. The summed E-state index contributed by atoms with van der Waals surface area (Å²) in [6.07, 6.45) is 1.92. The van der Waals surface area contributed by atoms with Crippen LogP contribution in [0, 0.1) is 10.8 Å². The van der Waals surface area contributed by atoms with Crippen LogP contribution in [0.3, 0.4) is 0 Å². The van der Waals surface area contributed by atoms with Crippen LogP contribution in [0.4, 0.5) is 0 Å². The molecule has 7 nitrogen and oxygen atoms in total. The molecule has 0 saturated heterocycles. The summed E-state index contributed by atoms with van der Waals surface area (Å²) in [5.74, 6) is -3.09. The molecular formula is C16H22O7. The lowest BCUT2D eigenvalue weighted by atomic mass is 9.93. The molecule has 0 aliphatic heterocycles. The SMILES string of the molecule is C=CC(=O)OCC(C)(C)C(=O)OC(=O)C(C)(C)COC(=O)C=C. The highest BCUT2D eigenvalue weighted by Gasteiger charge is 2.38. The average Bonchev–Trinajstić information content (AvgIpc) is 2.49. The van der Waals surface area contributed by atoms with Gasteiger partial charge in [0.15, 0.2) is 0 Å². The highest BCUT2D eigenvalue weighted by atomic mass is 16.6. The van der Waals surface area contributed by atoms with Crippen molar-refractivity contribution >= 4 is 23.9 Å². The molecule has 0 bridgehead atoms. The van der Waals surface area contributed by atoms with E-state index in [0.717, 1.165) is 12.2 Å². The van der Waals surface area contributed by atoms with Crippen LogP contribution in [-0.2, 0) is 33.4 Å². The second kappa shape index (κ2) is 8.26. The molecule has 0 unspecified atom stereocenters. The summed E-state index contributed by atoms with van der Waals surface area (Å²) < 4.78 is 14.4. The summed E-state index contributed by atoms with van der Waals surface area (Å²) in [4.78, 5) is 46.1. The van der Waals surface area contributed by atoms with Gasteiger partial charge < -0.3 is 14.2 Å². The quantitative estimate of drug-likeness (QED) is 0.289. The highest BCUT2D eigenvalue weighted by molar-refractivity contribution is 5.91. The number of ether oxygens (including phenoxy) is 3. The fraction of sp³-hybridized carbons (Fsp3) is 0.500. The van der Waals surface area contributed by atoms with Crippen molar-refractivity contribution in [1.29, 1.82) is 0 Å². The summed E-state index contributed by atoms with van der Waals surface area (Å²) in [5.41, 5.74) is -2.44. The number of rotatable bonds is 8. The molecule has 0 aliphatic rings. The highest BCUT2D eigenvalue weighted by Crippen LogP contribution is 2.23.